The van der Waals surface area contributed by atoms with Crippen LogP contribution in [0.15, 0.2) is 24.5 Å². The van der Waals surface area contributed by atoms with Crippen molar-refractivity contribution in [2.45, 2.75) is 38.3 Å². The normalized spacial score (nSPS) is 22.9. The Balaban J connectivity index is 1.48. The standard InChI is InChI=1S/C20H25ClN4O/c1-24-12-15(9-18-19(24)7-8-20(21)23-18)16-10-22-25(13-16)11-14-3-5-17(26-2)6-4-14/h7-10,13-14,17H,3-6,11-12H2,1-2H3/t14-,17-. The molecule has 138 valence electrons. The van der Waals surface area contributed by atoms with Crippen LogP contribution in [-0.4, -0.2) is 41.6 Å². The topological polar surface area (TPSA) is 43.2 Å². The lowest BCUT2D eigenvalue weighted by Crippen LogP contribution is -2.24. The molecule has 3 heterocycles. The van der Waals surface area contributed by atoms with Crippen LogP contribution < -0.4 is 4.90 Å². The second-order valence-corrected chi connectivity index (χ2v) is 7.78. The fourth-order valence-corrected chi connectivity index (χ4v) is 4.20. The van der Waals surface area contributed by atoms with Gasteiger partial charge in [0.2, 0.25) is 0 Å². The summed E-state index contributed by atoms with van der Waals surface area (Å²) in [5.41, 5.74) is 4.42. The van der Waals surface area contributed by atoms with Gasteiger partial charge in [0.15, 0.2) is 0 Å². The number of nitrogens with zero attached hydrogens (tertiary/aromatic N) is 4. The molecule has 2 aromatic rings. The van der Waals surface area contributed by atoms with Crippen LogP contribution in [0.2, 0.25) is 5.15 Å². The molecule has 2 aromatic heterocycles. The highest BCUT2D eigenvalue weighted by atomic mass is 35.5. The van der Waals surface area contributed by atoms with Crippen LogP contribution in [0.3, 0.4) is 0 Å². The predicted octanol–water partition coefficient (Wildman–Crippen LogP) is 4.13. The Labute approximate surface area is 159 Å². The second-order valence-electron chi connectivity index (χ2n) is 7.39. The Morgan fingerprint density at radius 2 is 2.04 bits per heavy atom. The lowest BCUT2D eigenvalue weighted by molar-refractivity contribution is 0.0536. The van der Waals surface area contributed by atoms with Gasteiger partial charge in [-0.25, -0.2) is 4.98 Å². The van der Waals surface area contributed by atoms with Gasteiger partial charge < -0.3 is 9.64 Å². The third-order valence-corrected chi connectivity index (χ3v) is 5.79. The Morgan fingerprint density at radius 3 is 2.81 bits per heavy atom. The van der Waals surface area contributed by atoms with E-state index in [1.807, 2.05) is 25.4 Å². The van der Waals surface area contributed by atoms with Crippen LogP contribution in [0.5, 0.6) is 0 Å². The molecule has 0 atom stereocenters. The summed E-state index contributed by atoms with van der Waals surface area (Å²) in [7, 11) is 3.90. The summed E-state index contributed by atoms with van der Waals surface area (Å²) in [6.45, 7) is 1.83. The summed E-state index contributed by atoms with van der Waals surface area (Å²) in [5, 5.41) is 5.13. The largest absolute Gasteiger partial charge is 0.381 e. The van der Waals surface area contributed by atoms with E-state index in [0.29, 0.717) is 17.2 Å². The summed E-state index contributed by atoms with van der Waals surface area (Å²) in [4.78, 5) is 6.67. The van der Waals surface area contributed by atoms with E-state index < -0.39 is 0 Å². The van der Waals surface area contributed by atoms with Crippen molar-refractivity contribution in [2.75, 3.05) is 25.6 Å². The molecule has 0 N–H and O–H groups in total. The molecule has 2 aliphatic rings. The number of halogens is 1. The quantitative estimate of drug-likeness (QED) is 0.757. The van der Waals surface area contributed by atoms with Gasteiger partial charge in [0, 0.05) is 39.0 Å². The van der Waals surface area contributed by atoms with E-state index in [1.165, 1.54) is 18.4 Å². The second kappa shape index (κ2) is 7.41. The summed E-state index contributed by atoms with van der Waals surface area (Å²) >= 11 is 6.07. The first-order valence-corrected chi connectivity index (χ1v) is 9.64. The summed E-state index contributed by atoms with van der Waals surface area (Å²) in [5.74, 6) is 0.693. The molecule has 0 bridgehead atoms. The smallest absolute Gasteiger partial charge is 0.129 e. The first-order chi connectivity index (χ1) is 12.6. The number of rotatable bonds is 4. The number of methoxy groups -OCH3 is 1. The molecule has 5 nitrogen and oxygen atoms in total. The summed E-state index contributed by atoms with van der Waals surface area (Å²) in [6.07, 6.45) is 11.5. The van der Waals surface area contributed by atoms with E-state index in [4.69, 9.17) is 16.3 Å². The molecule has 0 radical (unpaired) electrons. The molecule has 0 amide bonds. The lowest BCUT2D eigenvalue weighted by Gasteiger charge is -2.27. The number of ether oxygens (including phenoxy) is 1. The monoisotopic (exact) mass is 372 g/mol. The molecule has 1 aliphatic heterocycles. The molecule has 0 aromatic carbocycles. The van der Waals surface area contributed by atoms with Crippen molar-refractivity contribution in [1.82, 2.24) is 14.8 Å². The molecule has 0 saturated heterocycles. The fraction of sp³-hybridized carbons (Fsp3) is 0.500. The van der Waals surface area contributed by atoms with Crippen LogP contribution in [0, 0.1) is 5.92 Å². The van der Waals surface area contributed by atoms with Crippen molar-refractivity contribution in [1.29, 1.82) is 0 Å². The zero-order valence-electron chi connectivity index (χ0n) is 15.4. The number of fused-ring (bicyclic) bond motifs is 1. The van der Waals surface area contributed by atoms with Gasteiger partial charge in [-0.3, -0.25) is 4.68 Å². The lowest BCUT2D eigenvalue weighted by atomic mass is 9.87. The number of hydrogen-bond acceptors (Lipinski definition) is 4. The number of pyridine rings is 1. The van der Waals surface area contributed by atoms with Crippen LogP contribution >= 0.6 is 11.6 Å². The predicted molar refractivity (Wildman–Crippen MR) is 105 cm³/mol. The van der Waals surface area contributed by atoms with Crippen molar-refractivity contribution < 1.29 is 4.74 Å². The maximum absolute atomic E-state index is 6.07. The minimum Gasteiger partial charge on any atom is -0.381 e. The van der Waals surface area contributed by atoms with Gasteiger partial charge in [-0.05, 0) is 55.4 Å². The first-order valence-electron chi connectivity index (χ1n) is 9.26. The van der Waals surface area contributed by atoms with Crippen molar-refractivity contribution in [3.05, 3.63) is 40.9 Å². The average molecular weight is 373 g/mol. The van der Waals surface area contributed by atoms with Gasteiger partial charge in [0.25, 0.3) is 0 Å². The van der Waals surface area contributed by atoms with Crippen LogP contribution in [-0.2, 0) is 11.3 Å². The molecule has 1 aliphatic carbocycles. The minimum absolute atomic E-state index is 0.446. The Hall–Kier alpha value is -1.85. The van der Waals surface area contributed by atoms with Gasteiger partial charge in [-0.2, -0.15) is 5.10 Å². The van der Waals surface area contributed by atoms with Crippen LogP contribution in [0.25, 0.3) is 11.6 Å². The Bertz CT molecular complexity index is 808. The fourth-order valence-electron chi connectivity index (χ4n) is 4.04. The van der Waals surface area contributed by atoms with Crippen LogP contribution in [0.4, 0.5) is 5.69 Å². The SMILES string of the molecule is CO[C@H]1CC[C@H](Cn2cc(C3=Cc4nc(Cl)ccc4N(C)C3)cn2)CC1. The van der Waals surface area contributed by atoms with Gasteiger partial charge in [-0.1, -0.05) is 11.6 Å². The zero-order chi connectivity index (χ0) is 18.1. The minimum atomic E-state index is 0.446. The van der Waals surface area contributed by atoms with E-state index in [-0.39, 0.29) is 0 Å². The molecule has 6 heteroatoms. The third kappa shape index (κ3) is 3.64. The molecule has 1 saturated carbocycles. The van der Waals surface area contributed by atoms with E-state index in [9.17, 15) is 0 Å². The van der Waals surface area contributed by atoms with Gasteiger partial charge in [0.1, 0.15) is 5.15 Å². The summed E-state index contributed by atoms with van der Waals surface area (Å²) < 4.78 is 7.56. The zero-order valence-corrected chi connectivity index (χ0v) is 16.1. The average Bonchev–Trinajstić information content (AvgIpc) is 3.10. The maximum Gasteiger partial charge on any atom is 0.129 e. The molecule has 26 heavy (non-hydrogen) atoms. The molecule has 4 rings (SSSR count). The molecule has 1 fully saturated rings. The van der Waals surface area contributed by atoms with Crippen molar-refractivity contribution >= 4 is 28.9 Å². The maximum atomic E-state index is 6.07. The van der Waals surface area contributed by atoms with E-state index >= 15 is 0 Å². The highest BCUT2D eigenvalue weighted by Gasteiger charge is 2.22. The van der Waals surface area contributed by atoms with Crippen molar-refractivity contribution in [3.8, 4) is 0 Å². The van der Waals surface area contributed by atoms with E-state index in [0.717, 1.165) is 42.9 Å². The number of hydrogen-bond donors (Lipinski definition) is 0. The third-order valence-electron chi connectivity index (χ3n) is 5.57. The van der Waals surface area contributed by atoms with E-state index in [1.54, 1.807) is 0 Å². The van der Waals surface area contributed by atoms with Crippen molar-refractivity contribution in [3.63, 3.8) is 0 Å². The number of aromatic nitrogens is 3. The van der Waals surface area contributed by atoms with Gasteiger partial charge >= 0.3 is 0 Å². The van der Waals surface area contributed by atoms with E-state index in [2.05, 4.69) is 39.0 Å². The van der Waals surface area contributed by atoms with Gasteiger partial charge in [0.05, 0.1) is 23.7 Å². The van der Waals surface area contributed by atoms with Crippen LogP contribution in [0.1, 0.15) is 36.9 Å². The highest BCUT2D eigenvalue weighted by Crippen LogP contribution is 2.32. The summed E-state index contributed by atoms with van der Waals surface area (Å²) in [6, 6.07) is 3.86. The highest BCUT2D eigenvalue weighted by molar-refractivity contribution is 6.29. The molecule has 0 unspecified atom stereocenters. The molecular formula is C20H25ClN4O. The Kier molecular flexibility index (Phi) is 5.00. The van der Waals surface area contributed by atoms with Crippen molar-refractivity contribution in [2.24, 2.45) is 5.92 Å². The first kappa shape index (κ1) is 17.6. The number of anilines is 1. The molecule has 0 spiro atoms. The number of likely N-dealkylation sites (N-methyl/N-ethyl adjacent to an activating group) is 1. The Morgan fingerprint density at radius 1 is 1.23 bits per heavy atom. The molecular weight excluding hydrogens is 348 g/mol. The van der Waals surface area contributed by atoms with Gasteiger partial charge in [-0.15, -0.1) is 0 Å².